The van der Waals surface area contributed by atoms with Crippen LogP contribution >= 0.6 is 0 Å². The Balaban J connectivity index is 1.21. The average molecular weight is 480 g/mol. The molecule has 0 atom stereocenters. The average Bonchev–Trinajstić information content (AvgIpc) is 2.90. The van der Waals surface area contributed by atoms with Crippen molar-refractivity contribution in [3.63, 3.8) is 0 Å². The van der Waals surface area contributed by atoms with Gasteiger partial charge in [0.2, 0.25) is 5.75 Å². The van der Waals surface area contributed by atoms with Crippen molar-refractivity contribution < 1.29 is 23.7 Å². The number of nitrogens with zero attached hydrogens (tertiary/aromatic N) is 2. The van der Waals surface area contributed by atoms with Gasteiger partial charge < -0.3 is 23.8 Å². The Morgan fingerprint density at radius 1 is 0.886 bits per heavy atom. The third-order valence-electron chi connectivity index (χ3n) is 6.24. The predicted molar refractivity (Wildman–Crippen MR) is 138 cm³/mol. The maximum absolute atomic E-state index is 12.3. The molecule has 35 heavy (non-hydrogen) atoms. The lowest BCUT2D eigenvalue weighted by Crippen LogP contribution is -2.46. The molecule has 186 valence electrons. The van der Waals surface area contributed by atoms with Crippen molar-refractivity contribution in [2.45, 2.75) is 6.42 Å². The van der Waals surface area contributed by atoms with Gasteiger partial charge >= 0.3 is 6.09 Å². The first-order chi connectivity index (χ1) is 17.1. The zero-order valence-corrected chi connectivity index (χ0v) is 20.6. The first-order valence-electron chi connectivity index (χ1n) is 11.8. The largest absolute Gasteiger partial charge is 0.493 e. The van der Waals surface area contributed by atoms with Crippen molar-refractivity contribution in [2.75, 3.05) is 70.9 Å². The van der Waals surface area contributed by atoms with E-state index >= 15 is 0 Å². The topological polar surface area (TPSA) is 72.5 Å². The highest BCUT2D eigenvalue weighted by molar-refractivity contribution is 5.94. The highest BCUT2D eigenvalue weighted by Gasteiger charge is 2.19. The molecule has 0 aliphatic carbocycles. The third kappa shape index (κ3) is 5.89. The molecule has 3 aromatic carbocycles. The molecule has 1 N–H and O–H groups in total. The van der Waals surface area contributed by atoms with Gasteiger partial charge in [-0.3, -0.25) is 10.2 Å². The van der Waals surface area contributed by atoms with Crippen LogP contribution in [0, 0.1) is 0 Å². The highest BCUT2D eigenvalue weighted by atomic mass is 16.5. The van der Waals surface area contributed by atoms with E-state index in [1.807, 2.05) is 0 Å². The van der Waals surface area contributed by atoms with Gasteiger partial charge in [-0.15, -0.1) is 0 Å². The van der Waals surface area contributed by atoms with Crippen LogP contribution in [0.1, 0.15) is 6.42 Å². The van der Waals surface area contributed by atoms with Crippen molar-refractivity contribution in [3.05, 3.63) is 54.6 Å². The van der Waals surface area contributed by atoms with E-state index in [0.29, 0.717) is 29.5 Å². The molecule has 1 aliphatic heterocycles. The molecule has 0 saturated carbocycles. The summed E-state index contributed by atoms with van der Waals surface area (Å²) in [5.74, 6) is 1.39. The Morgan fingerprint density at radius 2 is 1.57 bits per heavy atom. The smallest absolute Gasteiger partial charge is 0.411 e. The van der Waals surface area contributed by atoms with Gasteiger partial charge in [0.15, 0.2) is 11.5 Å². The third-order valence-corrected chi connectivity index (χ3v) is 6.24. The number of amides is 1. The molecule has 4 rings (SSSR count). The molecule has 1 amide bonds. The van der Waals surface area contributed by atoms with Crippen LogP contribution in [0.25, 0.3) is 10.8 Å². The molecule has 3 aromatic rings. The molecule has 0 unspecified atom stereocenters. The number of benzene rings is 3. The normalized spacial score (nSPS) is 14.0. The van der Waals surface area contributed by atoms with E-state index in [4.69, 9.17) is 18.9 Å². The number of piperazine rings is 1. The van der Waals surface area contributed by atoms with Crippen LogP contribution in [0.3, 0.4) is 0 Å². The standard InChI is InChI=1S/C27H33N3O5/c1-32-24-18-21(19-25(33-2)26(24)34-3)28-27(31)35-17-7-12-29-13-15-30(16-14-29)23-11-6-9-20-8-4-5-10-22(20)23/h4-6,8-11,18-19H,7,12-17H2,1-3H3,(H,28,31). The number of carbonyl (C=O) groups excluding carboxylic acids is 1. The zero-order chi connectivity index (χ0) is 24.6. The molecule has 1 aliphatic rings. The fourth-order valence-electron chi connectivity index (χ4n) is 4.46. The van der Waals surface area contributed by atoms with E-state index in [-0.39, 0.29) is 0 Å². The minimum Gasteiger partial charge on any atom is -0.493 e. The second-order valence-electron chi connectivity index (χ2n) is 8.36. The fourth-order valence-corrected chi connectivity index (χ4v) is 4.46. The summed E-state index contributed by atoms with van der Waals surface area (Å²) in [6, 6.07) is 18.4. The van der Waals surface area contributed by atoms with Crippen molar-refractivity contribution in [3.8, 4) is 17.2 Å². The number of hydrogen-bond acceptors (Lipinski definition) is 7. The minimum atomic E-state index is -0.514. The first-order valence-corrected chi connectivity index (χ1v) is 11.8. The second-order valence-corrected chi connectivity index (χ2v) is 8.36. The van der Waals surface area contributed by atoms with Crippen LogP contribution in [0.5, 0.6) is 17.2 Å². The van der Waals surface area contributed by atoms with Crippen LogP contribution in [0.15, 0.2) is 54.6 Å². The van der Waals surface area contributed by atoms with Gasteiger partial charge in [-0.05, 0) is 17.9 Å². The van der Waals surface area contributed by atoms with Crippen LogP contribution in [0.4, 0.5) is 16.2 Å². The van der Waals surface area contributed by atoms with Gasteiger partial charge in [0, 0.05) is 55.9 Å². The lowest BCUT2D eigenvalue weighted by Gasteiger charge is -2.36. The Bertz CT molecular complexity index is 1110. The summed E-state index contributed by atoms with van der Waals surface area (Å²) in [6.45, 7) is 5.18. The van der Waals surface area contributed by atoms with Crippen LogP contribution in [0.2, 0.25) is 0 Å². The number of hydrogen-bond donors (Lipinski definition) is 1. The molecule has 1 fully saturated rings. The van der Waals surface area contributed by atoms with Crippen LogP contribution in [-0.4, -0.2) is 71.7 Å². The summed E-state index contributed by atoms with van der Waals surface area (Å²) in [5.41, 5.74) is 1.81. The summed E-state index contributed by atoms with van der Waals surface area (Å²) in [4.78, 5) is 17.1. The number of rotatable bonds is 9. The molecule has 1 heterocycles. The fraction of sp³-hybridized carbons (Fsp3) is 0.370. The molecular formula is C27H33N3O5. The highest BCUT2D eigenvalue weighted by Crippen LogP contribution is 2.40. The summed E-state index contributed by atoms with van der Waals surface area (Å²) in [6.07, 6.45) is 0.261. The summed E-state index contributed by atoms with van der Waals surface area (Å²) >= 11 is 0. The Kier molecular flexibility index (Phi) is 8.15. The Hall–Kier alpha value is -3.65. The maximum Gasteiger partial charge on any atom is 0.411 e. The quantitative estimate of drug-likeness (QED) is 0.449. The molecule has 8 heteroatoms. The molecule has 0 radical (unpaired) electrons. The van der Waals surface area contributed by atoms with E-state index in [1.54, 1.807) is 12.1 Å². The maximum atomic E-state index is 12.3. The second kappa shape index (κ2) is 11.7. The number of nitrogens with one attached hydrogen (secondary N) is 1. The number of carbonyl (C=O) groups is 1. The minimum absolute atomic E-state index is 0.347. The molecular weight excluding hydrogens is 446 g/mol. The molecule has 0 bridgehead atoms. The van der Waals surface area contributed by atoms with E-state index in [9.17, 15) is 4.79 Å². The lowest BCUT2D eigenvalue weighted by atomic mass is 10.1. The molecule has 1 saturated heterocycles. The van der Waals surface area contributed by atoms with Gasteiger partial charge in [-0.25, -0.2) is 4.79 Å². The summed E-state index contributed by atoms with van der Waals surface area (Å²) in [5, 5.41) is 5.30. The Labute approximate surface area is 206 Å². The molecule has 0 aromatic heterocycles. The van der Waals surface area contributed by atoms with Crippen LogP contribution in [-0.2, 0) is 4.74 Å². The van der Waals surface area contributed by atoms with Crippen molar-refractivity contribution in [1.29, 1.82) is 0 Å². The Morgan fingerprint density at radius 3 is 2.26 bits per heavy atom. The molecule has 0 spiro atoms. The van der Waals surface area contributed by atoms with Gasteiger partial charge in [0.05, 0.1) is 33.6 Å². The SMILES string of the molecule is COc1cc(NC(=O)OCCCN2CCN(c3cccc4ccccc34)CC2)cc(OC)c1OC. The number of anilines is 2. The van der Waals surface area contributed by atoms with Crippen molar-refractivity contribution >= 4 is 28.2 Å². The van der Waals surface area contributed by atoms with Gasteiger partial charge in [-0.1, -0.05) is 36.4 Å². The monoisotopic (exact) mass is 479 g/mol. The number of methoxy groups -OCH3 is 3. The zero-order valence-electron chi connectivity index (χ0n) is 20.6. The van der Waals surface area contributed by atoms with Gasteiger partial charge in [0.25, 0.3) is 0 Å². The van der Waals surface area contributed by atoms with Gasteiger partial charge in [0.1, 0.15) is 0 Å². The van der Waals surface area contributed by atoms with Crippen molar-refractivity contribution in [1.82, 2.24) is 4.90 Å². The molecule has 8 nitrogen and oxygen atoms in total. The number of fused-ring (bicyclic) bond motifs is 1. The first kappa shape index (κ1) is 24.5. The lowest BCUT2D eigenvalue weighted by molar-refractivity contribution is 0.151. The van der Waals surface area contributed by atoms with Crippen molar-refractivity contribution in [2.24, 2.45) is 0 Å². The van der Waals surface area contributed by atoms with E-state index in [1.165, 1.54) is 37.8 Å². The van der Waals surface area contributed by atoms with E-state index in [0.717, 1.165) is 39.1 Å². The summed E-state index contributed by atoms with van der Waals surface area (Å²) < 4.78 is 21.3. The van der Waals surface area contributed by atoms with Gasteiger partial charge in [-0.2, -0.15) is 0 Å². The van der Waals surface area contributed by atoms with E-state index < -0.39 is 6.09 Å². The number of ether oxygens (including phenoxy) is 4. The van der Waals surface area contributed by atoms with E-state index in [2.05, 4.69) is 57.6 Å². The van der Waals surface area contributed by atoms with Crippen LogP contribution < -0.4 is 24.4 Å². The summed E-state index contributed by atoms with van der Waals surface area (Å²) in [7, 11) is 4.59. The predicted octanol–water partition coefficient (Wildman–Crippen LogP) is 4.63.